The van der Waals surface area contributed by atoms with E-state index in [0.717, 1.165) is 34.1 Å². The maximum atomic E-state index is 12.9. The predicted octanol–water partition coefficient (Wildman–Crippen LogP) is 3.46. The van der Waals surface area contributed by atoms with Crippen molar-refractivity contribution in [3.05, 3.63) is 53.1 Å². The molecule has 0 aromatic heterocycles. The molecule has 11 heteroatoms. The van der Waals surface area contributed by atoms with Gasteiger partial charge in [0.2, 0.25) is 5.60 Å². The lowest BCUT2D eigenvalue weighted by atomic mass is 9.98. The third-order valence-electron chi connectivity index (χ3n) is 5.62. The van der Waals surface area contributed by atoms with Crippen LogP contribution in [-0.4, -0.2) is 47.2 Å². The van der Waals surface area contributed by atoms with Gasteiger partial charge in [-0.1, -0.05) is 0 Å². The van der Waals surface area contributed by atoms with Crippen LogP contribution >= 0.6 is 0 Å². The van der Waals surface area contributed by atoms with Gasteiger partial charge >= 0.3 is 18.2 Å². The molecule has 2 aromatic carbocycles. The number of carbonyl (C=O) groups excluding carboxylic acids is 2. The molecular weight excluding hydrogens is 445 g/mol. The highest BCUT2D eigenvalue weighted by Crippen LogP contribution is 2.43. The summed E-state index contributed by atoms with van der Waals surface area (Å²) >= 11 is 0. The maximum Gasteiger partial charge on any atom is 0.416 e. The Kier molecular flexibility index (Phi) is 5.22. The van der Waals surface area contributed by atoms with Gasteiger partial charge in [0.05, 0.1) is 19.2 Å². The summed E-state index contributed by atoms with van der Waals surface area (Å²) in [4.78, 5) is 39.0. The minimum atomic E-state index is -4.51. The van der Waals surface area contributed by atoms with Crippen LogP contribution in [0.2, 0.25) is 0 Å². The summed E-state index contributed by atoms with van der Waals surface area (Å²) in [5, 5.41) is 9.44. The van der Waals surface area contributed by atoms with Crippen LogP contribution < -0.4 is 14.4 Å². The quantitative estimate of drug-likeness (QED) is 0.681. The predicted molar refractivity (Wildman–Crippen MR) is 108 cm³/mol. The number of benzene rings is 2. The van der Waals surface area contributed by atoms with Crippen LogP contribution in [0.25, 0.3) is 0 Å². The number of urea groups is 1. The van der Waals surface area contributed by atoms with E-state index in [2.05, 4.69) is 0 Å². The molecule has 4 rings (SSSR count). The second kappa shape index (κ2) is 7.68. The van der Waals surface area contributed by atoms with Gasteiger partial charge in [-0.05, 0) is 48.9 Å². The number of methoxy groups -OCH3 is 1. The molecule has 0 radical (unpaired) electrons. The smallest absolute Gasteiger partial charge is 0.416 e. The van der Waals surface area contributed by atoms with Gasteiger partial charge in [-0.25, -0.2) is 9.59 Å². The number of aliphatic carboxylic acids is 1. The van der Waals surface area contributed by atoms with Crippen molar-refractivity contribution in [1.82, 2.24) is 4.90 Å². The zero-order chi connectivity index (χ0) is 24.1. The van der Waals surface area contributed by atoms with Crippen molar-refractivity contribution in [2.75, 3.05) is 18.6 Å². The summed E-state index contributed by atoms with van der Waals surface area (Å²) in [5.41, 5.74) is -1.08. The zero-order valence-electron chi connectivity index (χ0n) is 17.6. The van der Waals surface area contributed by atoms with Crippen LogP contribution in [0.15, 0.2) is 36.4 Å². The van der Waals surface area contributed by atoms with E-state index >= 15 is 0 Å². The number of nitrogens with zero attached hydrogens (tertiary/aromatic N) is 2. The molecule has 1 atom stereocenters. The van der Waals surface area contributed by atoms with Gasteiger partial charge < -0.3 is 14.6 Å². The number of carboxylic acids is 1. The number of alkyl halides is 3. The van der Waals surface area contributed by atoms with Crippen molar-refractivity contribution < 1.29 is 42.1 Å². The second-order valence-corrected chi connectivity index (χ2v) is 7.99. The monoisotopic (exact) mass is 464 g/mol. The van der Waals surface area contributed by atoms with Crippen LogP contribution in [0.4, 0.5) is 23.7 Å². The van der Waals surface area contributed by atoms with E-state index < -0.39 is 35.2 Å². The Morgan fingerprint density at radius 3 is 2.45 bits per heavy atom. The average Bonchev–Trinajstić information content (AvgIpc) is 3.24. The van der Waals surface area contributed by atoms with Crippen molar-refractivity contribution in [1.29, 1.82) is 0 Å². The van der Waals surface area contributed by atoms with Gasteiger partial charge in [0, 0.05) is 17.7 Å². The van der Waals surface area contributed by atoms with E-state index in [1.54, 1.807) is 12.1 Å². The Morgan fingerprint density at radius 1 is 1.21 bits per heavy atom. The molecular formula is C22H19F3N2O6. The number of carbonyl (C=O) groups is 3. The summed E-state index contributed by atoms with van der Waals surface area (Å²) in [6.07, 6.45) is -4.44. The first-order valence-electron chi connectivity index (χ1n) is 9.84. The van der Waals surface area contributed by atoms with Gasteiger partial charge in [-0.3, -0.25) is 14.6 Å². The van der Waals surface area contributed by atoms with Crippen molar-refractivity contribution in [2.24, 2.45) is 0 Å². The van der Waals surface area contributed by atoms with Gasteiger partial charge in [-0.2, -0.15) is 13.2 Å². The van der Waals surface area contributed by atoms with E-state index in [-0.39, 0.29) is 36.7 Å². The molecule has 8 nitrogen and oxygen atoms in total. The Hall–Kier alpha value is -3.76. The largest absolute Gasteiger partial charge is 0.493 e. The molecule has 0 bridgehead atoms. The minimum absolute atomic E-state index is 0.0709. The van der Waals surface area contributed by atoms with Crippen LogP contribution in [0, 0.1) is 0 Å². The summed E-state index contributed by atoms with van der Waals surface area (Å²) in [7, 11) is 1.39. The lowest BCUT2D eigenvalue weighted by molar-refractivity contribution is -0.152. The van der Waals surface area contributed by atoms with Gasteiger partial charge in [0.1, 0.15) is 6.54 Å². The first-order valence-corrected chi connectivity index (χ1v) is 9.84. The lowest BCUT2D eigenvalue weighted by Crippen LogP contribution is -2.39. The van der Waals surface area contributed by atoms with E-state index in [9.17, 15) is 32.7 Å². The molecule has 2 aliphatic rings. The summed E-state index contributed by atoms with van der Waals surface area (Å²) in [5.74, 6) is -1.10. The first-order chi connectivity index (χ1) is 15.4. The number of amides is 3. The number of halogens is 3. The average molecular weight is 464 g/mol. The first kappa shape index (κ1) is 22.4. The number of hydrogen-bond donors (Lipinski definition) is 1. The number of ether oxygens (including phenoxy) is 2. The van der Waals surface area contributed by atoms with Gasteiger partial charge in [0.25, 0.3) is 5.91 Å². The molecule has 0 saturated carbocycles. The van der Waals surface area contributed by atoms with Crippen LogP contribution in [0.5, 0.6) is 11.5 Å². The third kappa shape index (κ3) is 3.94. The second-order valence-electron chi connectivity index (χ2n) is 7.99. The summed E-state index contributed by atoms with van der Waals surface area (Å²) in [6, 6.07) is 6.49. The molecule has 1 saturated heterocycles. The molecule has 1 unspecified atom stereocenters. The van der Waals surface area contributed by atoms with Crippen molar-refractivity contribution in [3.8, 4) is 11.5 Å². The molecule has 3 amide bonds. The lowest BCUT2D eigenvalue weighted by Gasteiger charge is -2.19. The summed E-state index contributed by atoms with van der Waals surface area (Å²) < 4.78 is 49.3. The van der Waals surface area contributed by atoms with Gasteiger partial charge in [0.15, 0.2) is 11.5 Å². The Labute approximate surface area is 186 Å². The Bertz CT molecular complexity index is 1150. The number of carboxylic acid groups (broad SMARTS) is 1. The molecule has 2 heterocycles. The fourth-order valence-electron chi connectivity index (χ4n) is 3.87. The fourth-order valence-corrected chi connectivity index (χ4v) is 3.87. The van der Waals surface area contributed by atoms with Crippen LogP contribution in [-0.2, 0) is 28.7 Å². The van der Waals surface area contributed by atoms with E-state index in [1.807, 2.05) is 0 Å². The molecule has 2 aromatic rings. The van der Waals surface area contributed by atoms with E-state index in [0.29, 0.717) is 11.1 Å². The van der Waals surface area contributed by atoms with E-state index in [4.69, 9.17) is 9.47 Å². The SMILES string of the molecule is COc1cc(CN2C(=O)CN(c3ccc(C(F)(F)F)cc3)C2=O)cc2c1OC(C)(C(=O)O)C2. The van der Waals surface area contributed by atoms with Gasteiger partial charge in [-0.15, -0.1) is 0 Å². The van der Waals surface area contributed by atoms with Crippen molar-refractivity contribution in [3.63, 3.8) is 0 Å². The van der Waals surface area contributed by atoms with Crippen molar-refractivity contribution >= 4 is 23.6 Å². The number of anilines is 1. The standard InChI is InChI=1S/C22H19F3N2O6/c1-21(19(29)30)9-13-7-12(8-16(32-2)18(13)33-21)10-27-17(28)11-26(20(27)31)15-5-3-14(4-6-15)22(23,24)25/h3-8H,9-11H2,1-2H3,(H,29,30). The van der Waals surface area contributed by atoms with Crippen molar-refractivity contribution in [2.45, 2.75) is 31.7 Å². The molecule has 174 valence electrons. The molecule has 33 heavy (non-hydrogen) atoms. The number of rotatable bonds is 5. The number of imide groups is 1. The summed E-state index contributed by atoms with van der Waals surface area (Å²) in [6.45, 7) is 0.999. The number of fused-ring (bicyclic) bond motifs is 1. The Morgan fingerprint density at radius 2 is 1.88 bits per heavy atom. The molecule has 0 spiro atoms. The van der Waals surface area contributed by atoms with Crippen LogP contribution in [0.3, 0.4) is 0 Å². The molecule has 0 aliphatic carbocycles. The van der Waals surface area contributed by atoms with Crippen LogP contribution in [0.1, 0.15) is 23.6 Å². The Balaban J connectivity index is 1.56. The molecule has 1 fully saturated rings. The highest BCUT2D eigenvalue weighted by Gasteiger charge is 2.44. The zero-order valence-corrected chi connectivity index (χ0v) is 17.6. The minimum Gasteiger partial charge on any atom is -0.493 e. The maximum absolute atomic E-state index is 12.9. The third-order valence-corrected chi connectivity index (χ3v) is 5.62. The molecule has 2 aliphatic heterocycles. The van der Waals surface area contributed by atoms with E-state index in [1.165, 1.54) is 14.0 Å². The number of hydrogen-bond acceptors (Lipinski definition) is 5. The highest BCUT2D eigenvalue weighted by atomic mass is 19.4. The highest BCUT2D eigenvalue weighted by molar-refractivity contribution is 6.12. The topological polar surface area (TPSA) is 96.4 Å². The molecule has 1 N–H and O–H groups in total. The normalized spacial score (nSPS) is 20.2. The fraction of sp³-hybridized carbons (Fsp3) is 0.318.